The number of imidazole rings is 1. The summed E-state index contributed by atoms with van der Waals surface area (Å²) < 4.78 is 11.9. The Morgan fingerprint density at radius 1 is 1.20 bits per heavy atom. The standard InChI is InChI=1S/C18H22N2O4S/c1-18(2,3)24-17(22)20-11-14(12-23-15(21)9-10-25)19-16(20)13-7-5-4-6-8-13/h4-8,11,25H,9-10,12H2,1-3H3. The summed E-state index contributed by atoms with van der Waals surface area (Å²) in [4.78, 5) is 28.4. The first-order valence-corrected chi connectivity index (χ1v) is 8.57. The van der Waals surface area contributed by atoms with E-state index in [-0.39, 0.29) is 19.0 Å². The van der Waals surface area contributed by atoms with Crippen LogP contribution in [0.4, 0.5) is 4.79 Å². The number of ether oxygens (including phenoxy) is 2. The summed E-state index contributed by atoms with van der Waals surface area (Å²) in [5.74, 6) is 0.499. The quantitative estimate of drug-likeness (QED) is 0.649. The lowest BCUT2D eigenvalue weighted by Crippen LogP contribution is -2.27. The lowest BCUT2D eigenvalue weighted by atomic mass is 10.2. The highest BCUT2D eigenvalue weighted by molar-refractivity contribution is 7.80. The van der Waals surface area contributed by atoms with E-state index in [1.807, 2.05) is 30.3 Å². The van der Waals surface area contributed by atoms with E-state index in [4.69, 9.17) is 9.47 Å². The number of hydrogen-bond donors (Lipinski definition) is 1. The van der Waals surface area contributed by atoms with Crippen molar-refractivity contribution in [1.82, 2.24) is 9.55 Å². The number of rotatable bonds is 5. The zero-order valence-electron chi connectivity index (χ0n) is 14.6. The van der Waals surface area contributed by atoms with Crippen molar-refractivity contribution in [2.75, 3.05) is 5.75 Å². The van der Waals surface area contributed by atoms with Crippen LogP contribution in [-0.2, 0) is 20.9 Å². The molecule has 0 saturated heterocycles. The number of carbonyl (C=O) groups is 2. The van der Waals surface area contributed by atoms with E-state index in [1.54, 1.807) is 20.8 Å². The normalized spacial score (nSPS) is 11.2. The van der Waals surface area contributed by atoms with Crippen molar-refractivity contribution < 1.29 is 19.1 Å². The molecule has 1 aromatic carbocycles. The molecular weight excluding hydrogens is 340 g/mol. The van der Waals surface area contributed by atoms with Gasteiger partial charge in [0.15, 0.2) is 0 Å². The van der Waals surface area contributed by atoms with Gasteiger partial charge in [-0.2, -0.15) is 12.6 Å². The molecule has 0 aliphatic carbocycles. The lowest BCUT2D eigenvalue weighted by molar-refractivity contribution is -0.144. The molecular formula is C18H22N2O4S. The Labute approximate surface area is 152 Å². The van der Waals surface area contributed by atoms with Crippen LogP contribution in [0, 0.1) is 0 Å². The first-order valence-electron chi connectivity index (χ1n) is 7.93. The van der Waals surface area contributed by atoms with Crippen LogP contribution in [0.25, 0.3) is 11.4 Å². The SMILES string of the molecule is CC(C)(C)OC(=O)n1cc(COC(=O)CCS)nc1-c1ccccc1. The zero-order chi connectivity index (χ0) is 18.4. The summed E-state index contributed by atoms with van der Waals surface area (Å²) in [6, 6.07) is 9.29. The molecule has 1 heterocycles. The van der Waals surface area contributed by atoms with Gasteiger partial charge in [0, 0.05) is 17.5 Å². The van der Waals surface area contributed by atoms with Gasteiger partial charge in [-0.05, 0) is 20.8 Å². The van der Waals surface area contributed by atoms with Crippen molar-refractivity contribution in [3.05, 3.63) is 42.2 Å². The largest absolute Gasteiger partial charge is 0.459 e. The Morgan fingerprint density at radius 3 is 2.48 bits per heavy atom. The average Bonchev–Trinajstić information content (AvgIpc) is 2.97. The minimum absolute atomic E-state index is 0.0117. The number of nitrogens with zero attached hydrogens (tertiary/aromatic N) is 2. The van der Waals surface area contributed by atoms with E-state index in [1.165, 1.54) is 10.8 Å². The summed E-state index contributed by atoms with van der Waals surface area (Å²) in [5.41, 5.74) is 0.604. The number of carbonyl (C=O) groups excluding carboxylic acids is 2. The first-order chi connectivity index (χ1) is 11.8. The average molecular weight is 362 g/mol. The van der Waals surface area contributed by atoms with Gasteiger partial charge < -0.3 is 9.47 Å². The van der Waals surface area contributed by atoms with Crippen LogP contribution < -0.4 is 0 Å². The minimum atomic E-state index is -0.630. The van der Waals surface area contributed by atoms with Crippen LogP contribution in [0.1, 0.15) is 32.9 Å². The molecule has 0 radical (unpaired) electrons. The molecule has 0 fully saturated rings. The van der Waals surface area contributed by atoms with Crippen LogP contribution in [0.15, 0.2) is 36.5 Å². The van der Waals surface area contributed by atoms with Crippen LogP contribution in [0.2, 0.25) is 0 Å². The molecule has 0 aliphatic rings. The van der Waals surface area contributed by atoms with E-state index in [0.29, 0.717) is 17.3 Å². The van der Waals surface area contributed by atoms with Crippen molar-refractivity contribution in [1.29, 1.82) is 0 Å². The molecule has 0 unspecified atom stereocenters. The van der Waals surface area contributed by atoms with E-state index in [0.717, 1.165) is 5.56 Å². The molecule has 0 N–H and O–H groups in total. The summed E-state index contributed by atoms with van der Waals surface area (Å²) in [7, 11) is 0. The van der Waals surface area contributed by atoms with Gasteiger partial charge in [-0.15, -0.1) is 0 Å². The van der Waals surface area contributed by atoms with Gasteiger partial charge in [-0.25, -0.2) is 14.3 Å². The van der Waals surface area contributed by atoms with Crippen LogP contribution in [-0.4, -0.2) is 33.0 Å². The van der Waals surface area contributed by atoms with Gasteiger partial charge in [0.1, 0.15) is 18.0 Å². The van der Waals surface area contributed by atoms with Crippen LogP contribution >= 0.6 is 12.6 Å². The van der Waals surface area contributed by atoms with E-state index in [2.05, 4.69) is 17.6 Å². The highest BCUT2D eigenvalue weighted by Crippen LogP contribution is 2.21. The maximum Gasteiger partial charge on any atom is 0.420 e. The molecule has 25 heavy (non-hydrogen) atoms. The Hall–Kier alpha value is -2.28. The van der Waals surface area contributed by atoms with Gasteiger partial charge in [-0.3, -0.25) is 4.79 Å². The molecule has 0 spiro atoms. The summed E-state index contributed by atoms with van der Waals surface area (Å²) >= 11 is 3.99. The van der Waals surface area contributed by atoms with Crippen molar-refractivity contribution >= 4 is 24.7 Å². The molecule has 6 nitrogen and oxygen atoms in total. The second-order valence-electron chi connectivity index (χ2n) is 6.41. The van der Waals surface area contributed by atoms with Crippen LogP contribution in [0.5, 0.6) is 0 Å². The minimum Gasteiger partial charge on any atom is -0.459 e. The van der Waals surface area contributed by atoms with Crippen molar-refractivity contribution in [3.8, 4) is 11.4 Å². The summed E-state index contributed by atoms with van der Waals surface area (Å²) in [6.45, 7) is 5.38. The molecule has 2 rings (SSSR count). The lowest BCUT2D eigenvalue weighted by Gasteiger charge is -2.20. The molecule has 134 valence electrons. The fraction of sp³-hybridized carbons (Fsp3) is 0.389. The van der Waals surface area contributed by atoms with Crippen molar-refractivity contribution in [2.45, 2.75) is 39.4 Å². The van der Waals surface area contributed by atoms with E-state index in [9.17, 15) is 9.59 Å². The Morgan fingerprint density at radius 2 is 1.88 bits per heavy atom. The van der Waals surface area contributed by atoms with E-state index < -0.39 is 11.7 Å². The third-order valence-corrected chi connectivity index (χ3v) is 3.30. The zero-order valence-corrected chi connectivity index (χ0v) is 15.5. The number of thiol groups is 1. The predicted octanol–water partition coefficient (Wildman–Crippen LogP) is 3.70. The number of benzene rings is 1. The Kier molecular flexibility index (Phi) is 6.25. The number of esters is 1. The Balaban J connectivity index is 2.29. The Bertz CT molecular complexity index is 735. The molecule has 0 aliphatic heterocycles. The van der Waals surface area contributed by atoms with Crippen molar-refractivity contribution in [3.63, 3.8) is 0 Å². The van der Waals surface area contributed by atoms with Gasteiger partial charge in [0.2, 0.25) is 0 Å². The van der Waals surface area contributed by atoms with Crippen LogP contribution in [0.3, 0.4) is 0 Å². The predicted molar refractivity (Wildman–Crippen MR) is 97.6 cm³/mol. The van der Waals surface area contributed by atoms with Gasteiger partial charge in [0.05, 0.1) is 12.1 Å². The maximum absolute atomic E-state index is 12.5. The highest BCUT2D eigenvalue weighted by atomic mass is 32.1. The molecule has 0 atom stereocenters. The summed E-state index contributed by atoms with van der Waals surface area (Å²) in [6.07, 6.45) is 1.22. The second-order valence-corrected chi connectivity index (χ2v) is 6.85. The highest BCUT2D eigenvalue weighted by Gasteiger charge is 2.22. The smallest absolute Gasteiger partial charge is 0.420 e. The van der Waals surface area contributed by atoms with Gasteiger partial charge in [-0.1, -0.05) is 30.3 Å². The maximum atomic E-state index is 12.5. The molecule has 1 aromatic heterocycles. The second kappa shape index (κ2) is 8.20. The third-order valence-electron chi connectivity index (χ3n) is 3.07. The molecule has 2 aromatic rings. The van der Waals surface area contributed by atoms with Gasteiger partial charge in [0.25, 0.3) is 0 Å². The van der Waals surface area contributed by atoms with Gasteiger partial charge >= 0.3 is 12.1 Å². The molecule has 7 heteroatoms. The number of hydrogen-bond acceptors (Lipinski definition) is 6. The monoisotopic (exact) mass is 362 g/mol. The topological polar surface area (TPSA) is 70.4 Å². The molecule has 0 amide bonds. The number of aromatic nitrogens is 2. The third kappa shape index (κ3) is 5.63. The molecule has 0 saturated carbocycles. The van der Waals surface area contributed by atoms with Crippen molar-refractivity contribution in [2.24, 2.45) is 0 Å². The first kappa shape index (κ1) is 19.1. The fourth-order valence-corrected chi connectivity index (χ4v) is 2.24. The fourth-order valence-electron chi connectivity index (χ4n) is 2.06. The molecule has 0 bridgehead atoms. The summed E-state index contributed by atoms with van der Waals surface area (Å²) in [5, 5.41) is 0. The van der Waals surface area contributed by atoms with E-state index >= 15 is 0 Å².